The maximum absolute atomic E-state index is 10.9. The summed E-state index contributed by atoms with van der Waals surface area (Å²) >= 11 is 0. The number of carboxylic acid groups (broad SMARTS) is 1. The second-order valence-corrected chi connectivity index (χ2v) is 4.23. The second-order valence-electron chi connectivity index (χ2n) is 4.23. The maximum atomic E-state index is 10.9. The van der Waals surface area contributed by atoms with E-state index in [1.807, 2.05) is 0 Å². The standard InChI is InChI=1S/C12H15N3O2/c1-8-4-3-5-15(7-8)12-13-6-10(11(16)17)9(2)14-12/h4,6H,3,5,7H2,1-2H3,(H,16,17). The van der Waals surface area contributed by atoms with Gasteiger partial charge in [-0.1, -0.05) is 11.6 Å². The van der Waals surface area contributed by atoms with Gasteiger partial charge in [-0.2, -0.15) is 0 Å². The summed E-state index contributed by atoms with van der Waals surface area (Å²) in [4.78, 5) is 21.3. The lowest BCUT2D eigenvalue weighted by atomic mass is 10.1. The molecule has 1 aliphatic heterocycles. The molecule has 0 fully saturated rings. The summed E-state index contributed by atoms with van der Waals surface area (Å²) in [5.74, 6) is -0.372. The largest absolute Gasteiger partial charge is 0.478 e. The Balaban J connectivity index is 2.26. The fourth-order valence-corrected chi connectivity index (χ4v) is 1.90. The number of aromatic carboxylic acids is 1. The smallest absolute Gasteiger partial charge is 0.339 e. The van der Waals surface area contributed by atoms with Gasteiger partial charge >= 0.3 is 5.97 Å². The minimum Gasteiger partial charge on any atom is -0.478 e. The molecule has 0 amide bonds. The molecule has 0 unspecified atom stereocenters. The molecule has 2 rings (SSSR count). The van der Waals surface area contributed by atoms with Crippen LogP contribution in [0, 0.1) is 6.92 Å². The number of carbonyl (C=O) groups is 1. The molecule has 1 aromatic rings. The molecule has 1 aromatic heterocycles. The Hall–Kier alpha value is -1.91. The van der Waals surface area contributed by atoms with Crippen LogP contribution in [0.25, 0.3) is 0 Å². The zero-order valence-corrected chi connectivity index (χ0v) is 9.97. The van der Waals surface area contributed by atoms with Crippen molar-refractivity contribution in [2.45, 2.75) is 20.3 Å². The van der Waals surface area contributed by atoms with Crippen LogP contribution in [0.5, 0.6) is 0 Å². The third-order valence-electron chi connectivity index (χ3n) is 2.81. The molecule has 0 bridgehead atoms. The monoisotopic (exact) mass is 233 g/mol. The molecule has 0 saturated heterocycles. The first-order valence-electron chi connectivity index (χ1n) is 5.55. The van der Waals surface area contributed by atoms with Crippen molar-refractivity contribution in [3.63, 3.8) is 0 Å². The minimum atomic E-state index is -0.983. The van der Waals surface area contributed by atoms with E-state index in [-0.39, 0.29) is 5.56 Å². The van der Waals surface area contributed by atoms with E-state index in [9.17, 15) is 4.79 Å². The van der Waals surface area contributed by atoms with Gasteiger partial charge in [0.25, 0.3) is 0 Å². The van der Waals surface area contributed by atoms with Crippen molar-refractivity contribution in [1.29, 1.82) is 0 Å². The molecule has 2 heterocycles. The van der Waals surface area contributed by atoms with Crippen molar-refractivity contribution in [2.24, 2.45) is 0 Å². The average molecular weight is 233 g/mol. The molecule has 1 aliphatic rings. The van der Waals surface area contributed by atoms with E-state index in [1.54, 1.807) is 6.92 Å². The van der Waals surface area contributed by atoms with E-state index in [1.165, 1.54) is 11.8 Å². The number of carboxylic acids is 1. The molecule has 5 nitrogen and oxygen atoms in total. The van der Waals surface area contributed by atoms with Crippen LogP contribution in [0.2, 0.25) is 0 Å². The molecule has 0 spiro atoms. The number of hydrogen-bond donors (Lipinski definition) is 1. The van der Waals surface area contributed by atoms with Crippen LogP contribution in [0.15, 0.2) is 17.8 Å². The van der Waals surface area contributed by atoms with Crippen molar-refractivity contribution < 1.29 is 9.90 Å². The van der Waals surface area contributed by atoms with Gasteiger partial charge in [0.1, 0.15) is 0 Å². The van der Waals surface area contributed by atoms with Crippen molar-refractivity contribution in [3.8, 4) is 0 Å². The average Bonchev–Trinajstić information content (AvgIpc) is 2.28. The summed E-state index contributed by atoms with van der Waals surface area (Å²) in [6.45, 7) is 5.46. The summed E-state index contributed by atoms with van der Waals surface area (Å²) in [6, 6.07) is 0. The van der Waals surface area contributed by atoms with Gasteiger partial charge in [0.2, 0.25) is 5.95 Å². The van der Waals surface area contributed by atoms with Crippen molar-refractivity contribution in [1.82, 2.24) is 9.97 Å². The van der Waals surface area contributed by atoms with Gasteiger partial charge in [0, 0.05) is 19.3 Å². The molecule has 17 heavy (non-hydrogen) atoms. The molecule has 0 atom stereocenters. The van der Waals surface area contributed by atoms with E-state index < -0.39 is 5.97 Å². The predicted octanol–water partition coefficient (Wildman–Crippen LogP) is 1.64. The molecular weight excluding hydrogens is 218 g/mol. The number of rotatable bonds is 2. The number of aromatic nitrogens is 2. The quantitative estimate of drug-likeness (QED) is 0.786. The van der Waals surface area contributed by atoms with Gasteiger partial charge in [-0.15, -0.1) is 0 Å². The normalized spacial score (nSPS) is 15.6. The van der Waals surface area contributed by atoms with Gasteiger partial charge in [-0.05, 0) is 20.3 Å². The van der Waals surface area contributed by atoms with Crippen LogP contribution in [-0.4, -0.2) is 34.1 Å². The van der Waals surface area contributed by atoms with Gasteiger partial charge in [-0.25, -0.2) is 14.8 Å². The van der Waals surface area contributed by atoms with E-state index in [0.717, 1.165) is 19.5 Å². The molecule has 0 saturated carbocycles. The first-order valence-corrected chi connectivity index (χ1v) is 5.55. The highest BCUT2D eigenvalue weighted by Gasteiger charge is 2.16. The predicted molar refractivity (Wildman–Crippen MR) is 64.3 cm³/mol. The SMILES string of the molecule is CC1=CCCN(c2ncc(C(=O)O)c(C)n2)C1. The Kier molecular flexibility index (Phi) is 3.08. The lowest BCUT2D eigenvalue weighted by Gasteiger charge is -2.26. The third-order valence-corrected chi connectivity index (χ3v) is 2.81. The van der Waals surface area contributed by atoms with Crippen LogP contribution >= 0.6 is 0 Å². The highest BCUT2D eigenvalue weighted by Crippen LogP contribution is 2.16. The number of anilines is 1. The molecular formula is C12H15N3O2. The third kappa shape index (κ3) is 2.43. The Labute approximate surface area is 99.8 Å². The van der Waals surface area contributed by atoms with Gasteiger partial charge < -0.3 is 10.0 Å². The van der Waals surface area contributed by atoms with Gasteiger partial charge in [-0.3, -0.25) is 0 Å². The fourth-order valence-electron chi connectivity index (χ4n) is 1.90. The number of aryl methyl sites for hydroxylation is 1. The van der Waals surface area contributed by atoms with E-state index >= 15 is 0 Å². The van der Waals surface area contributed by atoms with Gasteiger partial charge in [0.15, 0.2) is 0 Å². The highest BCUT2D eigenvalue weighted by atomic mass is 16.4. The highest BCUT2D eigenvalue weighted by molar-refractivity contribution is 5.88. The Morgan fingerprint density at radius 1 is 1.47 bits per heavy atom. The summed E-state index contributed by atoms with van der Waals surface area (Å²) < 4.78 is 0. The summed E-state index contributed by atoms with van der Waals surface area (Å²) in [7, 11) is 0. The van der Waals surface area contributed by atoms with Crippen LogP contribution in [-0.2, 0) is 0 Å². The first kappa shape index (κ1) is 11.6. The molecule has 5 heteroatoms. The van der Waals surface area contributed by atoms with Crippen molar-refractivity contribution in [2.75, 3.05) is 18.0 Å². The zero-order valence-electron chi connectivity index (χ0n) is 9.97. The Morgan fingerprint density at radius 2 is 2.24 bits per heavy atom. The Morgan fingerprint density at radius 3 is 2.82 bits per heavy atom. The number of nitrogens with zero attached hydrogens (tertiary/aromatic N) is 3. The summed E-state index contributed by atoms with van der Waals surface area (Å²) in [5, 5.41) is 8.91. The van der Waals surface area contributed by atoms with Crippen LogP contribution in [0.4, 0.5) is 5.95 Å². The van der Waals surface area contributed by atoms with E-state index in [4.69, 9.17) is 5.11 Å². The first-order chi connectivity index (χ1) is 8.08. The van der Waals surface area contributed by atoms with Crippen LogP contribution in [0.1, 0.15) is 29.4 Å². The van der Waals surface area contributed by atoms with Crippen molar-refractivity contribution >= 4 is 11.9 Å². The van der Waals surface area contributed by atoms with Crippen LogP contribution in [0.3, 0.4) is 0 Å². The van der Waals surface area contributed by atoms with Gasteiger partial charge in [0.05, 0.1) is 11.3 Å². The van der Waals surface area contributed by atoms with Crippen LogP contribution < -0.4 is 4.90 Å². The molecule has 0 radical (unpaired) electrons. The fraction of sp³-hybridized carbons (Fsp3) is 0.417. The molecule has 1 N–H and O–H groups in total. The molecule has 0 aliphatic carbocycles. The Bertz CT molecular complexity index is 483. The van der Waals surface area contributed by atoms with E-state index in [0.29, 0.717) is 11.6 Å². The molecule has 90 valence electrons. The number of hydrogen-bond acceptors (Lipinski definition) is 4. The lowest BCUT2D eigenvalue weighted by molar-refractivity contribution is 0.0695. The van der Waals surface area contributed by atoms with Crippen molar-refractivity contribution in [3.05, 3.63) is 29.1 Å². The topological polar surface area (TPSA) is 66.3 Å². The van der Waals surface area contributed by atoms with E-state index in [2.05, 4.69) is 27.9 Å². The summed E-state index contributed by atoms with van der Waals surface area (Å²) in [6.07, 6.45) is 4.57. The second kappa shape index (κ2) is 4.53. The zero-order chi connectivity index (χ0) is 12.4. The summed E-state index contributed by atoms with van der Waals surface area (Å²) in [5.41, 5.74) is 1.97. The minimum absolute atomic E-state index is 0.165. The maximum Gasteiger partial charge on any atom is 0.339 e. The lowest BCUT2D eigenvalue weighted by Crippen LogP contribution is -2.31. The molecule has 0 aromatic carbocycles.